The number of carbonyl (C=O) groups excluding carboxylic acids is 1. The van der Waals surface area contributed by atoms with Crippen molar-refractivity contribution in [2.24, 2.45) is 0 Å². The fourth-order valence-corrected chi connectivity index (χ4v) is 1.33. The van der Waals surface area contributed by atoms with Gasteiger partial charge in [-0.25, -0.2) is 0 Å². The van der Waals surface area contributed by atoms with Crippen molar-refractivity contribution in [2.75, 3.05) is 6.61 Å². The van der Waals surface area contributed by atoms with Crippen LogP contribution in [0.25, 0.3) is 0 Å². The predicted octanol–water partition coefficient (Wildman–Crippen LogP) is 2.07. The third-order valence-electron chi connectivity index (χ3n) is 2.02. The lowest BCUT2D eigenvalue weighted by atomic mass is 10.0. The molecule has 0 aliphatic carbocycles. The summed E-state index contributed by atoms with van der Waals surface area (Å²) in [7, 11) is 0. The van der Waals surface area contributed by atoms with Crippen LogP contribution in [0.2, 0.25) is 5.02 Å². The van der Waals surface area contributed by atoms with E-state index >= 15 is 0 Å². The molecule has 0 fully saturated rings. The lowest BCUT2D eigenvalue weighted by molar-refractivity contribution is -0.146. The van der Waals surface area contributed by atoms with Crippen LogP contribution < -0.4 is 0 Å². The van der Waals surface area contributed by atoms with Gasteiger partial charge in [0.25, 0.3) is 0 Å². The fraction of sp³-hybridized carbons (Fsp3) is 0.273. The molecule has 1 aromatic carbocycles. The molecule has 0 heterocycles. The zero-order valence-corrected chi connectivity index (χ0v) is 9.40. The van der Waals surface area contributed by atoms with E-state index in [1.807, 2.05) is 0 Å². The highest BCUT2D eigenvalue weighted by Gasteiger charge is 2.21. The minimum Gasteiger partial charge on any atom is -0.481 e. The summed E-state index contributed by atoms with van der Waals surface area (Å²) in [6.45, 7) is 1.06. The summed E-state index contributed by atoms with van der Waals surface area (Å²) < 4.78 is 4.70. The number of halogens is 1. The molecule has 0 amide bonds. The molecule has 4 nitrogen and oxygen atoms in total. The maximum absolute atomic E-state index is 11.0. The van der Waals surface area contributed by atoms with Crippen LogP contribution in [-0.4, -0.2) is 23.7 Å². The van der Waals surface area contributed by atoms with Gasteiger partial charge in [-0.3, -0.25) is 9.59 Å². The highest BCUT2D eigenvalue weighted by Crippen LogP contribution is 2.19. The lowest BCUT2D eigenvalue weighted by Crippen LogP contribution is -2.19. The van der Waals surface area contributed by atoms with Crippen molar-refractivity contribution in [3.63, 3.8) is 0 Å². The van der Waals surface area contributed by atoms with Gasteiger partial charge in [0, 0.05) is 11.9 Å². The highest BCUT2D eigenvalue weighted by molar-refractivity contribution is 6.30. The number of benzene rings is 1. The van der Waals surface area contributed by atoms with E-state index in [0.717, 1.165) is 0 Å². The van der Waals surface area contributed by atoms with Crippen LogP contribution in [0.5, 0.6) is 0 Å². The SMILES string of the molecule is CC(=O)OC[C@@H](C(=O)O)c1ccc(Cl)cc1. The molecular weight excluding hydrogens is 232 g/mol. The second-order valence-corrected chi connectivity index (χ2v) is 3.68. The molecule has 0 saturated carbocycles. The number of carboxylic acids is 1. The van der Waals surface area contributed by atoms with E-state index < -0.39 is 17.9 Å². The molecule has 0 aliphatic heterocycles. The topological polar surface area (TPSA) is 63.6 Å². The number of carboxylic acid groups (broad SMARTS) is 1. The van der Waals surface area contributed by atoms with E-state index in [9.17, 15) is 9.59 Å². The second-order valence-electron chi connectivity index (χ2n) is 3.24. The van der Waals surface area contributed by atoms with E-state index in [2.05, 4.69) is 0 Å². The van der Waals surface area contributed by atoms with E-state index in [4.69, 9.17) is 21.4 Å². The number of aliphatic carboxylic acids is 1. The molecule has 0 spiro atoms. The van der Waals surface area contributed by atoms with Crippen molar-refractivity contribution < 1.29 is 19.4 Å². The quantitative estimate of drug-likeness (QED) is 0.821. The Labute approximate surface area is 97.8 Å². The van der Waals surface area contributed by atoms with Gasteiger partial charge in [-0.1, -0.05) is 23.7 Å². The lowest BCUT2D eigenvalue weighted by Gasteiger charge is -2.12. The summed E-state index contributed by atoms with van der Waals surface area (Å²) >= 11 is 5.69. The third kappa shape index (κ3) is 3.55. The molecule has 5 heteroatoms. The van der Waals surface area contributed by atoms with Crippen LogP contribution in [0.4, 0.5) is 0 Å². The number of hydrogen-bond donors (Lipinski definition) is 1. The standard InChI is InChI=1S/C11H11ClO4/c1-7(13)16-6-10(11(14)15)8-2-4-9(12)5-3-8/h2-5,10H,6H2,1H3,(H,14,15)/t10-/m1/s1. The van der Waals surface area contributed by atoms with Gasteiger partial charge in [-0.15, -0.1) is 0 Å². The molecule has 16 heavy (non-hydrogen) atoms. The zero-order valence-electron chi connectivity index (χ0n) is 8.64. The molecule has 0 saturated heterocycles. The van der Waals surface area contributed by atoms with Crippen LogP contribution >= 0.6 is 11.6 Å². The minimum absolute atomic E-state index is 0.174. The molecule has 0 radical (unpaired) electrons. The summed E-state index contributed by atoms with van der Waals surface area (Å²) in [5.74, 6) is -2.40. The molecule has 0 bridgehead atoms. The maximum Gasteiger partial charge on any atom is 0.314 e. The van der Waals surface area contributed by atoms with Crippen molar-refractivity contribution >= 4 is 23.5 Å². The molecule has 0 unspecified atom stereocenters. The molecule has 1 aromatic rings. The number of carbonyl (C=O) groups is 2. The molecule has 1 N–H and O–H groups in total. The Morgan fingerprint density at radius 3 is 2.38 bits per heavy atom. The van der Waals surface area contributed by atoms with E-state index in [0.29, 0.717) is 10.6 Å². The third-order valence-corrected chi connectivity index (χ3v) is 2.28. The Kier molecular flexibility index (Phi) is 4.31. The van der Waals surface area contributed by atoms with Crippen LogP contribution in [0.15, 0.2) is 24.3 Å². The average molecular weight is 243 g/mol. The summed E-state index contributed by atoms with van der Waals surface area (Å²) in [6.07, 6.45) is 0. The van der Waals surface area contributed by atoms with Gasteiger partial charge in [0.15, 0.2) is 0 Å². The van der Waals surface area contributed by atoms with Gasteiger partial charge in [0.05, 0.1) is 0 Å². The van der Waals surface area contributed by atoms with Crippen LogP contribution in [0, 0.1) is 0 Å². The number of hydrogen-bond acceptors (Lipinski definition) is 3. The Hall–Kier alpha value is -1.55. The summed E-state index contributed by atoms with van der Waals surface area (Å²) in [6, 6.07) is 6.40. The molecule has 0 aromatic heterocycles. The minimum atomic E-state index is -1.04. The summed E-state index contributed by atoms with van der Waals surface area (Å²) in [5, 5.41) is 9.51. The van der Waals surface area contributed by atoms with Crippen molar-refractivity contribution in [1.82, 2.24) is 0 Å². The molecule has 0 aliphatic rings. The summed E-state index contributed by atoms with van der Waals surface area (Å²) in [5.41, 5.74) is 0.554. The molecule has 1 rings (SSSR count). The summed E-state index contributed by atoms with van der Waals surface area (Å²) in [4.78, 5) is 21.6. The predicted molar refractivity (Wildman–Crippen MR) is 58.5 cm³/mol. The van der Waals surface area contributed by atoms with Gasteiger partial charge < -0.3 is 9.84 Å². The first-order chi connectivity index (χ1) is 7.50. The van der Waals surface area contributed by atoms with Crippen LogP contribution in [0.1, 0.15) is 18.4 Å². The Morgan fingerprint density at radius 1 is 1.38 bits per heavy atom. The van der Waals surface area contributed by atoms with Gasteiger partial charge in [-0.2, -0.15) is 0 Å². The molecular formula is C11H11ClO4. The molecule has 1 atom stereocenters. The first-order valence-electron chi connectivity index (χ1n) is 4.62. The largest absolute Gasteiger partial charge is 0.481 e. The first kappa shape index (κ1) is 12.5. The smallest absolute Gasteiger partial charge is 0.314 e. The van der Waals surface area contributed by atoms with Gasteiger partial charge in [0.2, 0.25) is 0 Å². The maximum atomic E-state index is 11.0. The van der Waals surface area contributed by atoms with Crippen LogP contribution in [-0.2, 0) is 14.3 Å². The molecule has 86 valence electrons. The first-order valence-corrected chi connectivity index (χ1v) is 5.00. The Morgan fingerprint density at radius 2 is 1.94 bits per heavy atom. The number of rotatable bonds is 4. The highest BCUT2D eigenvalue weighted by atomic mass is 35.5. The number of ether oxygens (including phenoxy) is 1. The average Bonchev–Trinajstić information content (AvgIpc) is 2.20. The van der Waals surface area contributed by atoms with Gasteiger partial charge in [0.1, 0.15) is 12.5 Å². The fourth-order valence-electron chi connectivity index (χ4n) is 1.21. The monoisotopic (exact) mass is 242 g/mol. The van der Waals surface area contributed by atoms with Crippen molar-refractivity contribution in [3.05, 3.63) is 34.9 Å². The van der Waals surface area contributed by atoms with Crippen LogP contribution in [0.3, 0.4) is 0 Å². The zero-order chi connectivity index (χ0) is 12.1. The Bertz CT molecular complexity index is 385. The number of esters is 1. The van der Waals surface area contributed by atoms with E-state index in [1.165, 1.54) is 6.92 Å². The van der Waals surface area contributed by atoms with Gasteiger partial charge >= 0.3 is 11.9 Å². The van der Waals surface area contributed by atoms with Crippen molar-refractivity contribution in [2.45, 2.75) is 12.8 Å². The van der Waals surface area contributed by atoms with Crippen molar-refractivity contribution in [1.29, 1.82) is 0 Å². The van der Waals surface area contributed by atoms with Crippen molar-refractivity contribution in [3.8, 4) is 0 Å². The van der Waals surface area contributed by atoms with E-state index in [-0.39, 0.29) is 6.61 Å². The van der Waals surface area contributed by atoms with Gasteiger partial charge in [-0.05, 0) is 17.7 Å². The Balaban J connectivity index is 2.81. The second kappa shape index (κ2) is 5.51. The normalized spacial score (nSPS) is 11.9. The van der Waals surface area contributed by atoms with E-state index in [1.54, 1.807) is 24.3 Å².